The predicted octanol–water partition coefficient (Wildman–Crippen LogP) is -3.10. The van der Waals surface area contributed by atoms with Crippen LogP contribution in [0.5, 0.6) is 0 Å². The van der Waals surface area contributed by atoms with E-state index in [0.717, 1.165) is 0 Å². The highest BCUT2D eigenvalue weighted by Crippen LogP contribution is 2.30. The molecule has 0 aromatic heterocycles. The van der Waals surface area contributed by atoms with E-state index in [4.69, 9.17) is 5.11 Å². The third kappa shape index (κ3) is 1.77. The molecule has 1 rings (SSSR count). The fourth-order valence-corrected chi connectivity index (χ4v) is 1.60. The van der Waals surface area contributed by atoms with Gasteiger partial charge in [0.05, 0.1) is 6.61 Å². The number of ketones is 1. The third-order valence-electron chi connectivity index (χ3n) is 2.60. The molecule has 1 fully saturated rings. The zero-order chi connectivity index (χ0) is 12.5. The first kappa shape index (κ1) is 13.2. The van der Waals surface area contributed by atoms with Crippen LogP contribution in [0.2, 0.25) is 0 Å². The smallest absolute Gasteiger partial charge is 0.192 e. The maximum Gasteiger partial charge on any atom is 0.192 e. The molecule has 0 aromatic rings. The van der Waals surface area contributed by atoms with Crippen molar-refractivity contribution in [1.29, 1.82) is 0 Å². The molecule has 5 atom stereocenters. The highest BCUT2D eigenvalue weighted by atomic mass is 16.6. The molecule has 0 aliphatic carbocycles. The highest BCUT2D eigenvalue weighted by molar-refractivity contribution is 5.97. The normalized spacial score (nSPS) is 44.1. The van der Waals surface area contributed by atoms with Crippen LogP contribution in [-0.4, -0.2) is 68.1 Å². The number of carbonyl (C=O) groups is 1. The van der Waals surface area contributed by atoms with E-state index in [0.29, 0.717) is 6.08 Å². The van der Waals surface area contributed by atoms with Crippen molar-refractivity contribution in [2.75, 3.05) is 6.61 Å². The van der Waals surface area contributed by atoms with Crippen LogP contribution >= 0.6 is 0 Å². The zero-order valence-electron chi connectivity index (χ0n) is 8.35. The Kier molecular flexibility index (Phi) is 3.79. The second-order valence-electron chi connectivity index (χ2n) is 3.53. The largest absolute Gasteiger partial charge is 0.394 e. The quantitative estimate of drug-likeness (QED) is 0.327. The molecule has 0 spiro atoms. The lowest BCUT2D eigenvalue weighted by atomic mass is 9.80. The molecular weight excluding hydrogens is 220 g/mol. The van der Waals surface area contributed by atoms with E-state index in [1.807, 2.05) is 0 Å². The van der Waals surface area contributed by atoms with Gasteiger partial charge in [-0.1, -0.05) is 6.58 Å². The maximum absolute atomic E-state index is 11.4. The number of carbonyl (C=O) groups excluding carboxylic acids is 1. The van der Waals surface area contributed by atoms with Crippen molar-refractivity contribution in [3.05, 3.63) is 12.7 Å². The van der Waals surface area contributed by atoms with Gasteiger partial charge in [0.2, 0.25) is 0 Å². The number of aliphatic hydroxyl groups excluding tert-OH is 4. The van der Waals surface area contributed by atoms with Gasteiger partial charge in [0.1, 0.15) is 18.3 Å². The minimum Gasteiger partial charge on any atom is -0.394 e. The zero-order valence-corrected chi connectivity index (χ0v) is 8.35. The number of aliphatic hydroxyl groups is 5. The highest BCUT2D eigenvalue weighted by Gasteiger charge is 2.58. The van der Waals surface area contributed by atoms with Crippen molar-refractivity contribution >= 4 is 5.78 Å². The van der Waals surface area contributed by atoms with Crippen molar-refractivity contribution in [3.63, 3.8) is 0 Å². The Morgan fingerprint density at radius 1 is 1.38 bits per heavy atom. The molecule has 16 heavy (non-hydrogen) atoms. The minimum atomic E-state index is -2.63. The van der Waals surface area contributed by atoms with Gasteiger partial charge in [-0.2, -0.15) is 0 Å². The Balaban J connectivity index is 3.10. The minimum absolute atomic E-state index is 0.707. The van der Waals surface area contributed by atoms with E-state index in [2.05, 4.69) is 11.3 Å². The number of hydrogen-bond donors (Lipinski definition) is 5. The van der Waals surface area contributed by atoms with Crippen molar-refractivity contribution in [2.24, 2.45) is 0 Å². The number of rotatable bonds is 3. The summed E-state index contributed by atoms with van der Waals surface area (Å²) in [6, 6.07) is 0. The topological polar surface area (TPSA) is 127 Å². The molecule has 7 nitrogen and oxygen atoms in total. The van der Waals surface area contributed by atoms with Gasteiger partial charge in [0.25, 0.3) is 0 Å². The molecule has 1 unspecified atom stereocenters. The molecule has 92 valence electrons. The van der Waals surface area contributed by atoms with Gasteiger partial charge < -0.3 is 30.3 Å². The summed E-state index contributed by atoms with van der Waals surface area (Å²) in [6.45, 7) is 2.38. The van der Waals surface area contributed by atoms with Crippen LogP contribution in [0.3, 0.4) is 0 Å². The lowest BCUT2D eigenvalue weighted by molar-refractivity contribution is -0.310. The van der Waals surface area contributed by atoms with E-state index in [1.54, 1.807) is 0 Å². The van der Waals surface area contributed by atoms with Gasteiger partial charge in [-0.15, -0.1) is 0 Å². The van der Waals surface area contributed by atoms with Crippen LogP contribution in [0.1, 0.15) is 0 Å². The monoisotopic (exact) mass is 234 g/mol. The second-order valence-corrected chi connectivity index (χ2v) is 3.53. The van der Waals surface area contributed by atoms with Gasteiger partial charge in [0, 0.05) is 0 Å². The van der Waals surface area contributed by atoms with Gasteiger partial charge in [-0.25, -0.2) is 0 Å². The summed E-state index contributed by atoms with van der Waals surface area (Å²) in [5.74, 6) is -1.06. The molecule has 0 aromatic carbocycles. The van der Waals surface area contributed by atoms with Crippen LogP contribution < -0.4 is 0 Å². The molecule has 1 aliphatic rings. The molecule has 5 N–H and O–H groups in total. The molecular formula is C9H14O7. The standard InChI is InChI=1S/C9H14O7/c1-2-5(11)9(15)6(12)4(3-10)16-8(14)7(9)13/h2,4,6-8,10,12-15H,1,3H2/t4-,6-,7+,8?,9+/m1/s1. The first-order chi connectivity index (χ1) is 7.39. The molecule has 0 saturated carbocycles. The average molecular weight is 234 g/mol. The first-order valence-electron chi connectivity index (χ1n) is 4.59. The summed E-state index contributed by atoms with van der Waals surface area (Å²) in [6.07, 6.45) is -6.42. The van der Waals surface area contributed by atoms with Crippen molar-refractivity contribution in [3.8, 4) is 0 Å². The molecule has 0 bridgehead atoms. The Morgan fingerprint density at radius 2 is 1.94 bits per heavy atom. The Hall–Kier alpha value is -0.830. The second kappa shape index (κ2) is 4.58. The van der Waals surface area contributed by atoms with Gasteiger partial charge in [-0.05, 0) is 6.08 Å². The molecule has 1 aliphatic heterocycles. The summed E-state index contributed by atoms with van der Waals surface area (Å²) in [7, 11) is 0. The van der Waals surface area contributed by atoms with Gasteiger partial charge >= 0.3 is 0 Å². The fourth-order valence-electron chi connectivity index (χ4n) is 1.60. The van der Waals surface area contributed by atoms with Crippen LogP contribution in [0.4, 0.5) is 0 Å². The lowest BCUT2D eigenvalue weighted by Gasteiger charge is -2.44. The summed E-state index contributed by atoms with van der Waals surface area (Å²) in [5, 5.41) is 47.0. The maximum atomic E-state index is 11.4. The molecule has 1 saturated heterocycles. The SMILES string of the molecule is C=CC(=O)[C@]1(O)[C@H](O)[C@@H](CO)OC(O)[C@@H]1O. The average Bonchev–Trinajstić information content (AvgIpc) is 2.29. The van der Waals surface area contributed by atoms with Crippen LogP contribution in [-0.2, 0) is 9.53 Å². The van der Waals surface area contributed by atoms with E-state index < -0.39 is 42.6 Å². The van der Waals surface area contributed by atoms with E-state index in [9.17, 15) is 25.2 Å². The van der Waals surface area contributed by atoms with E-state index >= 15 is 0 Å². The van der Waals surface area contributed by atoms with Crippen molar-refractivity contribution in [2.45, 2.75) is 30.2 Å². The van der Waals surface area contributed by atoms with Gasteiger partial charge in [0.15, 0.2) is 17.7 Å². The Morgan fingerprint density at radius 3 is 2.38 bits per heavy atom. The molecule has 0 radical (unpaired) electrons. The van der Waals surface area contributed by atoms with E-state index in [1.165, 1.54) is 0 Å². The van der Waals surface area contributed by atoms with Crippen LogP contribution in [0, 0.1) is 0 Å². The number of hydrogen-bond acceptors (Lipinski definition) is 7. The van der Waals surface area contributed by atoms with Crippen molar-refractivity contribution in [1.82, 2.24) is 0 Å². The lowest BCUT2D eigenvalue weighted by Crippen LogP contribution is -2.70. The summed E-state index contributed by atoms with van der Waals surface area (Å²) in [5.41, 5.74) is -2.63. The predicted molar refractivity (Wildman–Crippen MR) is 50.1 cm³/mol. The van der Waals surface area contributed by atoms with Crippen LogP contribution in [0.15, 0.2) is 12.7 Å². The summed E-state index contributed by atoms with van der Waals surface area (Å²) >= 11 is 0. The molecule has 1 heterocycles. The molecule has 0 amide bonds. The van der Waals surface area contributed by atoms with E-state index in [-0.39, 0.29) is 0 Å². The Bertz CT molecular complexity index is 292. The van der Waals surface area contributed by atoms with Crippen molar-refractivity contribution < 1.29 is 35.1 Å². The third-order valence-corrected chi connectivity index (χ3v) is 2.60. The van der Waals surface area contributed by atoms with Crippen LogP contribution in [0.25, 0.3) is 0 Å². The fraction of sp³-hybridized carbons (Fsp3) is 0.667. The molecule has 7 heteroatoms. The van der Waals surface area contributed by atoms with Gasteiger partial charge in [-0.3, -0.25) is 4.79 Å². The Labute approximate surface area is 91.2 Å². The summed E-state index contributed by atoms with van der Waals surface area (Å²) < 4.78 is 4.61. The summed E-state index contributed by atoms with van der Waals surface area (Å²) in [4.78, 5) is 11.4. The number of ether oxygens (including phenoxy) is 1. The first-order valence-corrected chi connectivity index (χ1v) is 4.59.